The second-order valence-corrected chi connectivity index (χ2v) is 6.73. The Morgan fingerprint density at radius 1 is 1.04 bits per heavy atom. The standard InChI is InChI=1S/C21H21F2NO3/c1-13(15-7-6-14-4-2-3-5-16(14)10-15)24-20(25)12-27-21(26)17-8-9-18(22)19(23)11-17/h6-11,13H,2-5,12H2,1H3,(H,24,25)/t13-/m0/s1. The number of carbonyl (C=O) groups is 2. The summed E-state index contributed by atoms with van der Waals surface area (Å²) >= 11 is 0. The molecule has 3 rings (SSSR count). The summed E-state index contributed by atoms with van der Waals surface area (Å²) in [6.07, 6.45) is 4.53. The summed E-state index contributed by atoms with van der Waals surface area (Å²) in [7, 11) is 0. The molecular formula is C21H21F2NO3. The number of hydrogen-bond donors (Lipinski definition) is 1. The van der Waals surface area contributed by atoms with Gasteiger partial charge < -0.3 is 10.1 Å². The molecule has 1 amide bonds. The molecule has 0 aromatic heterocycles. The number of amides is 1. The van der Waals surface area contributed by atoms with Crippen LogP contribution in [0, 0.1) is 11.6 Å². The molecule has 0 spiro atoms. The molecule has 0 bridgehead atoms. The maximum Gasteiger partial charge on any atom is 0.338 e. The van der Waals surface area contributed by atoms with E-state index in [2.05, 4.69) is 17.4 Å². The lowest BCUT2D eigenvalue weighted by Crippen LogP contribution is -2.31. The van der Waals surface area contributed by atoms with Crippen molar-refractivity contribution < 1.29 is 23.1 Å². The van der Waals surface area contributed by atoms with Gasteiger partial charge in [0.05, 0.1) is 11.6 Å². The van der Waals surface area contributed by atoms with Gasteiger partial charge in [0.15, 0.2) is 18.2 Å². The van der Waals surface area contributed by atoms with Crippen LogP contribution < -0.4 is 5.32 Å². The highest BCUT2D eigenvalue weighted by Gasteiger charge is 2.16. The lowest BCUT2D eigenvalue weighted by Gasteiger charge is -2.20. The van der Waals surface area contributed by atoms with Crippen molar-refractivity contribution in [2.45, 2.75) is 38.6 Å². The summed E-state index contributed by atoms with van der Waals surface area (Å²) in [5.74, 6) is -3.54. The number of rotatable bonds is 5. The molecule has 27 heavy (non-hydrogen) atoms. The number of halogens is 2. The largest absolute Gasteiger partial charge is 0.452 e. The second kappa shape index (κ2) is 8.29. The van der Waals surface area contributed by atoms with Crippen LogP contribution in [0.4, 0.5) is 8.78 Å². The molecule has 1 aliphatic carbocycles. The third-order valence-electron chi connectivity index (χ3n) is 4.74. The van der Waals surface area contributed by atoms with E-state index in [4.69, 9.17) is 4.74 Å². The summed E-state index contributed by atoms with van der Waals surface area (Å²) in [4.78, 5) is 23.9. The molecule has 0 unspecified atom stereocenters. The van der Waals surface area contributed by atoms with Crippen molar-refractivity contribution in [2.24, 2.45) is 0 Å². The molecule has 0 fully saturated rings. The van der Waals surface area contributed by atoms with E-state index in [-0.39, 0.29) is 11.6 Å². The van der Waals surface area contributed by atoms with Crippen molar-refractivity contribution in [3.63, 3.8) is 0 Å². The van der Waals surface area contributed by atoms with E-state index in [1.54, 1.807) is 0 Å². The van der Waals surface area contributed by atoms with E-state index < -0.39 is 30.1 Å². The van der Waals surface area contributed by atoms with Gasteiger partial charge in [-0.1, -0.05) is 18.2 Å². The average Bonchev–Trinajstić information content (AvgIpc) is 2.67. The quantitative estimate of drug-likeness (QED) is 0.810. The number of hydrogen-bond acceptors (Lipinski definition) is 3. The maximum atomic E-state index is 13.2. The maximum absolute atomic E-state index is 13.2. The normalized spacial score (nSPS) is 14.2. The fourth-order valence-corrected chi connectivity index (χ4v) is 3.23. The van der Waals surface area contributed by atoms with Gasteiger partial charge in [0.1, 0.15) is 0 Å². The number of fused-ring (bicyclic) bond motifs is 1. The van der Waals surface area contributed by atoms with Gasteiger partial charge in [0.2, 0.25) is 0 Å². The van der Waals surface area contributed by atoms with Gasteiger partial charge in [0.25, 0.3) is 5.91 Å². The van der Waals surface area contributed by atoms with Gasteiger partial charge in [-0.3, -0.25) is 4.79 Å². The zero-order valence-electron chi connectivity index (χ0n) is 15.1. The van der Waals surface area contributed by atoms with E-state index in [1.165, 1.54) is 24.0 Å². The number of aryl methyl sites for hydroxylation is 2. The molecule has 0 saturated carbocycles. The van der Waals surface area contributed by atoms with Gasteiger partial charge in [-0.2, -0.15) is 0 Å². The Balaban J connectivity index is 1.54. The molecule has 2 aromatic rings. The number of benzene rings is 2. The lowest BCUT2D eigenvalue weighted by atomic mass is 9.89. The molecular weight excluding hydrogens is 352 g/mol. The summed E-state index contributed by atoms with van der Waals surface area (Å²) in [5.41, 5.74) is 3.54. The van der Waals surface area contributed by atoms with E-state index in [0.29, 0.717) is 0 Å². The molecule has 0 saturated heterocycles. The first-order chi connectivity index (χ1) is 12.9. The molecule has 6 heteroatoms. The van der Waals surface area contributed by atoms with Crippen LogP contribution in [0.15, 0.2) is 36.4 Å². The van der Waals surface area contributed by atoms with Gasteiger partial charge in [0, 0.05) is 0 Å². The zero-order chi connectivity index (χ0) is 19.4. The molecule has 1 atom stereocenters. The van der Waals surface area contributed by atoms with Gasteiger partial charge in [-0.25, -0.2) is 13.6 Å². The Morgan fingerprint density at radius 3 is 2.52 bits per heavy atom. The molecule has 142 valence electrons. The van der Waals surface area contributed by atoms with Crippen molar-refractivity contribution in [1.82, 2.24) is 5.32 Å². The Labute approximate surface area is 156 Å². The Bertz CT molecular complexity index is 867. The third kappa shape index (κ3) is 4.70. The van der Waals surface area contributed by atoms with Crippen LogP contribution in [0.5, 0.6) is 0 Å². The molecule has 1 aliphatic rings. The molecule has 2 aromatic carbocycles. The topological polar surface area (TPSA) is 55.4 Å². The molecule has 0 heterocycles. The summed E-state index contributed by atoms with van der Waals surface area (Å²) in [6, 6.07) is 8.68. The first-order valence-electron chi connectivity index (χ1n) is 8.97. The number of carbonyl (C=O) groups excluding carboxylic acids is 2. The fourth-order valence-electron chi connectivity index (χ4n) is 3.23. The minimum atomic E-state index is -1.14. The van der Waals surface area contributed by atoms with Gasteiger partial charge in [-0.15, -0.1) is 0 Å². The van der Waals surface area contributed by atoms with Gasteiger partial charge >= 0.3 is 5.97 Å². The van der Waals surface area contributed by atoms with Gasteiger partial charge in [-0.05, 0) is 67.5 Å². The molecule has 4 nitrogen and oxygen atoms in total. The first-order valence-corrected chi connectivity index (χ1v) is 8.97. The Kier molecular flexibility index (Phi) is 5.84. The van der Waals surface area contributed by atoms with E-state index >= 15 is 0 Å². The fraction of sp³-hybridized carbons (Fsp3) is 0.333. The highest BCUT2D eigenvalue weighted by atomic mass is 19.2. The van der Waals surface area contributed by atoms with Crippen LogP contribution in [0.1, 0.15) is 52.9 Å². The summed E-state index contributed by atoms with van der Waals surface area (Å²) < 4.78 is 30.9. The van der Waals surface area contributed by atoms with Crippen LogP contribution in [-0.2, 0) is 22.4 Å². The smallest absolute Gasteiger partial charge is 0.338 e. The molecule has 0 aliphatic heterocycles. The molecule has 0 radical (unpaired) electrons. The predicted molar refractivity (Wildman–Crippen MR) is 96.3 cm³/mol. The van der Waals surface area contributed by atoms with Crippen molar-refractivity contribution in [2.75, 3.05) is 6.61 Å². The Hall–Kier alpha value is -2.76. The van der Waals surface area contributed by atoms with Crippen molar-refractivity contribution in [1.29, 1.82) is 0 Å². The van der Waals surface area contributed by atoms with E-state index in [0.717, 1.165) is 36.6 Å². The summed E-state index contributed by atoms with van der Waals surface area (Å²) in [6.45, 7) is 1.37. The Morgan fingerprint density at radius 2 is 1.78 bits per heavy atom. The van der Waals surface area contributed by atoms with E-state index in [1.807, 2.05) is 13.0 Å². The van der Waals surface area contributed by atoms with Crippen LogP contribution in [0.3, 0.4) is 0 Å². The second-order valence-electron chi connectivity index (χ2n) is 6.73. The average molecular weight is 373 g/mol. The minimum absolute atomic E-state index is 0.149. The monoisotopic (exact) mass is 373 g/mol. The van der Waals surface area contributed by atoms with Crippen LogP contribution >= 0.6 is 0 Å². The van der Waals surface area contributed by atoms with Crippen molar-refractivity contribution >= 4 is 11.9 Å². The number of esters is 1. The summed E-state index contributed by atoms with van der Waals surface area (Å²) in [5, 5.41) is 2.78. The number of ether oxygens (including phenoxy) is 1. The van der Waals surface area contributed by atoms with Crippen molar-refractivity contribution in [3.05, 3.63) is 70.3 Å². The molecule has 1 N–H and O–H groups in total. The van der Waals surface area contributed by atoms with Crippen LogP contribution in [-0.4, -0.2) is 18.5 Å². The zero-order valence-corrected chi connectivity index (χ0v) is 15.1. The van der Waals surface area contributed by atoms with Crippen LogP contribution in [0.25, 0.3) is 0 Å². The predicted octanol–water partition coefficient (Wildman–Crippen LogP) is 3.88. The SMILES string of the molecule is C[C@H](NC(=O)COC(=O)c1ccc(F)c(F)c1)c1ccc2c(c1)CCCC2. The van der Waals surface area contributed by atoms with Crippen molar-refractivity contribution in [3.8, 4) is 0 Å². The van der Waals surface area contributed by atoms with Crippen LogP contribution in [0.2, 0.25) is 0 Å². The number of nitrogens with one attached hydrogen (secondary N) is 1. The minimum Gasteiger partial charge on any atom is -0.452 e. The van der Waals surface area contributed by atoms with E-state index in [9.17, 15) is 18.4 Å². The third-order valence-corrected chi connectivity index (χ3v) is 4.74. The highest BCUT2D eigenvalue weighted by molar-refractivity contribution is 5.91. The lowest BCUT2D eigenvalue weighted by molar-refractivity contribution is -0.124. The highest BCUT2D eigenvalue weighted by Crippen LogP contribution is 2.24. The first kappa shape index (κ1) is 19.0.